The summed E-state index contributed by atoms with van der Waals surface area (Å²) in [4.78, 5) is 28.4. The van der Waals surface area contributed by atoms with E-state index < -0.39 is 17.6 Å². The van der Waals surface area contributed by atoms with E-state index in [1.807, 2.05) is 20.8 Å². The molecule has 3 N–H and O–H groups in total. The van der Waals surface area contributed by atoms with Gasteiger partial charge in [0.25, 0.3) is 5.56 Å². The van der Waals surface area contributed by atoms with E-state index in [2.05, 4.69) is 15.6 Å². The fourth-order valence-corrected chi connectivity index (χ4v) is 2.86. The van der Waals surface area contributed by atoms with Crippen LogP contribution in [-0.4, -0.2) is 33.7 Å². The van der Waals surface area contributed by atoms with Crippen LogP contribution >= 0.6 is 0 Å². The van der Waals surface area contributed by atoms with Gasteiger partial charge in [0.15, 0.2) is 0 Å². The highest BCUT2D eigenvalue weighted by Crippen LogP contribution is 2.37. The average Bonchev–Trinajstić information content (AvgIpc) is 2.73. The molecule has 2 heterocycles. The quantitative estimate of drug-likeness (QED) is 0.722. The lowest BCUT2D eigenvalue weighted by Gasteiger charge is -2.24. The largest absolute Gasteiger partial charge is 0.480 e. The van der Waals surface area contributed by atoms with Crippen LogP contribution in [0.25, 0.3) is 0 Å². The van der Waals surface area contributed by atoms with Gasteiger partial charge in [0.1, 0.15) is 17.6 Å². The summed E-state index contributed by atoms with van der Waals surface area (Å²) >= 11 is 0. The van der Waals surface area contributed by atoms with Gasteiger partial charge in [-0.15, -0.1) is 0 Å². The zero-order chi connectivity index (χ0) is 15.6. The number of rotatable bonds is 6. The molecule has 0 saturated carbocycles. The Morgan fingerprint density at radius 1 is 1.57 bits per heavy atom. The smallest absolute Gasteiger partial charge is 0.326 e. The molecule has 7 nitrogen and oxygen atoms in total. The predicted molar refractivity (Wildman–Crippen MR) is 79.6 cm³/mol. The van der Waals surface area contributed by atoms with Crippen molar-refractivity contribution in [2.45, 2.75) is 45.2 Å². The van der Waals surface area contributed by atoms with E-state index in [0.29, 0.717) is 31.0 Å². The molecule has 1 aliphatic heterocycles. The number of anilines is 1. The summed E-state index contributed by atoms with van der Waals surface area (Å²) in [6.45, 7) is 7.15. The maximum atomic E-state index is 12.5. The fraction of sp³-hybridized carbons (Fsp3) is 0.643. The molecular formula is C14H22N4O3. The van der Waals surface area contributed by atoms with Gasteiger partial charge in [-0.25, -0.2) is 9.78 Å². The Labute approximate surface area is 123 Å². The summed E-state index contributed by atoms with van der Waals surface area (Å²) in [6.07, 6.45) is 2.69. The van der Waals surface area contributed by atoms with Crippen molar-refractivity contribution in [1.82, 2.24) is 14.9 Å². The van der Waals surface area contributed by atoms with E-state index in [0.717, 1.165) is 6.42 Å². The minimum absolute atomic E-state index is 0.315. The van der Waals surface area contributed by atoms with Crippen LogP contribution in [0.2, 0.25) is 0 Å². The van der Waals surface area contributed by atoms with Crippen LogP contribution in [-0.2, 0) is 10.3 Å². The van der Waals surface area contributed by atoms with Crippen molar-refractivity contribution >= 4 is 11.7 Å². The summed E-state index contributed by atoms with van der Waals surface area (Å²) in [7, 11) is 0. The maximum Gasteiger partial charge on any atom is 0.326 e. The van der Waals surface area contributed by atoms with Gasteiger partial charge < -0.3 is 15.7 Å². The maximum absolute atomic E-state index is 12.5. The molecule has 0 unspecified atom stereocenters. The number of carboxylic acids is 1. The van der Waals surface area contributed by atoms with Crippen LogP contribution in [0.1, 0.15) is 45.5 Å². The second kappa shape index (κ2) is 5.85. The number of hydrogen-bond donors (Lipinski definition) is 3. The first-order valence-electron chi connectivity index (χ1n) is 7.28. The van der Waals surface area contributed by atoms with Crippen molar-refractivity contribution in [2.75, 3.05) is 18.4 Å². The van der Waals surface area contributed by atoms with Gasteiger partial charge in [-0.05, 0) is 19.9 Å². The summed E-state index contributed by atoms with van der Waals surface area (Å²) < 4.78 is 1.31. The van der Waals surface area contributed by atoms with Crippen LogP contribution in [0.4, 0.5) is 5.69 Å². The zero-order valence-electron chi connectivity index (χ0n) is 12.6. The molecule has 7 heteroatoms. The Hall–Kier alpha value is -1.89. The summed E-state index contributed by atoms with van der Waals surface area (Å²) in [6, 6.07) is -0.882. The Morgan fingerprint density at radius 2 is 2.29 bits per heavy atom. The van der Waals surface area contributed by atoms with E-state index in [9.17, 15) is 14.7 Å². The zero-order valence-corrected chi connectivity index (χ0v) is 12.6. The first-order valence-corrected chi connectivity index (χ1v) is 7.28. The molecule has 1 aliphatic rings. The minimum atomic E-state index is -1.01. The van der Waals surface area contributed by atoms with Gasteiger partial charge in [-0.2, -0.15) is 0 Å². The van der Waals surface area contributed by atoms with Gasteiger partial charge in [0.05, 0.1) is 11.7 Å². The van der Waals surface area contributed by atoms with Gasteiger partial charge in [0, 0.05) is 13.0 Å². The van der Waals surface area contributed by atoms with Crippen LogP contribution in [0, 0.1) is 0 Å². The molecule has 0 fully saturated rings. The molecule has 1 aromatic rings. The van der Waals surface area contributed by atoms with Crippen molar-refractivity contribution in [2.24, 2.45) is 0 Å². The van der Waals surface area contributed by atoms with Crippen molar-refractivity contribution in [3.05, 3.63) is 22.4 Å². The second-order valence-corrected chi connectivity index (χ2v) is 5.52. The lowest BCUT2D eigenvalue weighted by Crippen LogP contribution is -2.39. The third-order valence-corrected chi connectivity index (χ3v) is 3.82. The molecule has 1 aromatic heterocycles. The fourth-order valence-electron chi connectivity index (χ4n) is 2.86. The first kappa shape index (κ1) is 15.5. The molecule has 2 rings (SSSR count). The summed E-state index contributed by atoms with van der Waals surface area (Å²) in [5.41, 5.74) is -0.560. The molecule has 0 spiro atoms. The number of fused-ring (bicyclic) bond motifs is 1. The SMILES string of the molecule is CCCNc1cnc2n(c1=O)[C@H](C(=O)O)C[C@@]2(C)NCC. The molecule has 0 bridgehead atoms. The van der Waals surface area contributed by atoms with E-state index >= 15 is 0 Å². The van der Waals surface area contributed by atoms with Crippen LogP contribution in [0.5, 0.6) is 0 Å². The Bertz CT molecular complexity index is 598. The monoisotopic (exact) mass is 294 g/mol. The molecule has 2 atom stereocenters. The first-order chi connectivity index (χ1) is 9.94. The Balaban J connectivity index is 2.53. The van der Waals surface area contributed by atoms with Crippen LogP contribution in [0.15, 0.2) is 11.0 Å². The lowest BCUT2D eigenvalue weighted by atomic mass is 9.97. The highest BCUT2D eigenvalue weighted by atomic mass is 16.4. The van der Waals surface area contributed by atoms with E-state index in [1.54, 1.807) is 0 Å². The second-order valence-electron chi connectivity index (χ2n) is 5.52. The van der Waals surface area contributed by atoms with Crippen LogP contribution in [0.3, 0.4) is 0 Å². The number of carbonyl (C=O) groups is 1. The van der Waals surface area contributed by atoms with Crippen molar-refractivity contribution in [3.8, 4) is 0 Å². The molecule has 0 radical (unpaired) electrons. The summed E-state index contributed by atoms with van der Waals surface area (Å²) in [5.74, 6) is -0.516. The molecule has 0 saturated heterocycles. The lowest BCUT2D eigenvalue weighted by molar-refractivity contribution is -0.141. The minimum Gasteiger partial charge on any atom is -0.480 e. The predicted octanol–water partition coefficient (Wildman–Crippen LogP) is 0.919. The average molecular weight is 294 g/mol. The third-order valence-electron chi connectivity index (χ3n) is 3.82. The molecule has 116 valence electrons. The topological polar surface area (TPSA) is 96.2 Å². The third kappa shape index (κ3) is 2.65. The van der Waals surface area contributed by atoms with Crippen molar-refractivity contribution in [3.63, 3.8) is 0 Å². The van der Waals surface area contributed by atoms with Gasteiger partial charge >= 0.3 is 5.97 Å². The van der Waals surface area contributed by atoms with E-state index in [-0.39, 0.29) is 5.56 Å². The van der Waals surface area contributed by atoms with E-state index in [4.69, 9.17) is 0 Å². The summed E-state index contributed by atoms with van der Waals surface area (Å²) in [5, 5.41) is 15.7. The van der Waals surface area contributed by atoms with E-state index in [1.165, 1.54) is 10.8 Å². The number of hydrogen-bond acceptors (Lipinski definition) is 5. The number of aliphatic carboxylic acids is 1. The standard InChI is InChI=1S/C14H22N4O3/c1-4-6-15-9-8-16-13-14(3,17-5-2)7-10(12(20)21)18(13)11(9)19/h8,10,15,17H,4-7H2,1-3H3,(H,20,21)/t10-,14+/m0/s1. The van der Waals surface area contributed by atoms with Crippen molar-refractivity contribution < 1.29 is 9.90 Å². The van der Waals surface area contributed by atoms with Crippen LogP contribution < -0.4 is 16.2 Å². The molecular weight excluding hydrogens is 272 g/mol. The van der Waals surface area contributed by atoms with Crippen molar-refractivity contribution in [1.29, 1.82) is 0 Å². The molecule has 0 amide bonds. The molecule has 21 heavy (non-hydrogen) atoms. The van der Waals surface area contributed by atoms with Gasteiger partial charge in [0.2, 0.25) is 0 Å². The van der Waals surface area contributed by atoms with Gasteiger partial charge in [-0.1, -0.05) is 13.8 Å². The number of carboxylic acid groups (broad SMARTS) is 1. The number of nitrogens with one attached hydrogen (secondary N) is 2. The number of aromatic nitrogens is 2. The number of nitrogens with zero attached hydrogens (tertiary/aromatic N) is 2. The normalized spacial score (nSPS) is 23.9. The molecule has 0 aliphatic carbocycles. The molecule has 0 aromatic carbocycles. The Morgan fingerprint density at radius 3 is 2.86 bits per heavy atom. The van der Waals surface area contributed by atoms with Gasteiger partial charge in [-0.3, -0.25) is 9.36 Å². The highest BCUT2D eigenvalue weighted by Gasteiger charge is 2.45. The Kier molecular flexibility index (Phi) is 4.32. The highest BCUT2D eigenvalue weighted by molar-refractivity contribution is 5.73.